The van der Waals surface area contributed by atoms with Gasteiger partial charge in [0.2, 0.25) is 0 Å². The molecule has 0 aliphatic carbocycles. The first-order chi connectivity index (χ1) is 10.5. The maximum Gasteiger partial charge on any atom is 0.318 e. The zero-order chi connectivity index (χ0) is 15.7. The van der Waals surface area contributed by atoms with E-state index < -0.39 is 11.9 Å². The van der Waals surface area contributed by atoms with E-state index >= 15 is 0 Å². The SMILES string of the molecule is C[C@H](NC(=O)N1CCC(C(=O)O)C1)c1cc2ccccc2o1. The number of para-hydroxylation sites is 1. The van der Waals surface area contributed by atoms with E-state index in [9.17, 15) is 9.59 Å². The van der Waals surface area contributed by atoms with E-state index in [-0.39, 0.29) is 18.6 Å². The summed E-state index contributed by atoms with van der Waals surface area (Å²) >= 11 is 0. The Hall–Kier alpha value is -2.50. The number of rotatable bonds is 3. The number of carbonyl (C=O) groups is 2. The van der Waals surface area contributed by atoms with E-state index in [1.165, 1.54) is 4.90 Å². The minimum absolute atomic E-state index is 0.253. The van der Waals surface area contributed by atoms with Gasteiger partial charge in [0, 0.05) is 18.5 Å². The molecule has 1 aliphatic rings. The van der Waals surface area contributed by atoms with E-state index in [0.29, 0.717) is 18.7 Å². The number of fused-ring (bicyclic) bond motifs is 1. The van der Waals surface area contributed by atoms with Crippen molar-refractivity contribution in [3.05, 3.63) is 36.1 Å². The lowest BCUT2D eigenvalue weighted by Crippen LogP contribution is -2.40. The predicted octanol–water partition coefficient (Wildman–Crippen LogP) is 2.61. The first kappa shape index (κ1) is 14.4. The van der Waals surface area contributed by atoms with E-state index in [0.717, 1.165) is 11.0 Å². The molecule has 1 aromatic carbocycles. The molecule has 3 rings (SSSR count). The van der Waals surface area contributed by atoms with Gasteiger partial charge >= 0.3 is 12.0 Å². The third-order valence-corrected chi connectivity index (χ3v) is 4.04. The fourth-order valence-corrected chi connectivity index (χ4v) is 2.71. The van der Waals surface area contributed by atoms with Crippen LogP contribution in [0.15, 0.2) is 34.7 Å². The lowest BCUT2D eigenvalue weighted by atomic mass is 10.1. The number of carboxylic acids is 1. The highest BCUT2D eigenvalue weighted by Gasteiger charge is 2.31. The number of nitrogens with one attached hydrogen (secondary N) is 1. The summed E-state index contributed by atoms with van der Waals surface area (Å²) in [6, 6.07) is 9.04. The van der Waals surface area contributed by atoms with E-state index in [1.54, 1.807) is 0 Å². The minimum Gasteiger partial charge on any atom is -0.481 e. The van der Waals surface area contributed by atoms with Crippen molar-refractivity contribution in [3.8, 4) is 0 Å². The van der Waals surface area contributed by atoms with Crippen molar-refractivity contribution in [1.29, 1.82) is 0 Å². The summed E-state index contributed by atoms with van der Waals surface area (Å²) in [5, 5.41) is 12.8. The number of carbonyl (C=O) groups excluding carboxylic acids is 1. The third kappa shape index (κ3) is 2.77. The number of hydrogen-bond acceptors (Lipinski definition) is 3. The molecule has 1 saturated heterocycles. The Labute approximate surface area is 127 Å². The molecule has 116 valence electrons. The molecule has 0 bridgehead atoms. The number of furan rings is 1. The normalized spacial score (nSPS) is 19.3. The second-order valence-electron chi connectivity index (χ2n) is 5.63. The highest BCUT2D eigenvalue weighted by atomic mass is 16.4. The highest BCUT2D eigenvalue weighted by Crippen LogP contribution is 2.24. The summed E-state index contributed by atoms with van der Waals surface area (Å²) in [5.74, 6) is -0.628. The molecule has 22 heavy (non-hydrogen) atoms. The zero-order valence-electron chi connectivity index (χ0n) is 12.3. The van der Waals surface area contributed by atoms with Crippen molar-refractivity contribution < 1.29 is 19.1 Å². The lowest BCUT2D eigenvalue weighted by Gasteiger charge is -2.19. The molecule has 2 atom stereocenters. The van der Waals surface area contributed by atoms with Crippen LogP contribution >= 0.6 is 0 Å². The quantitative estimate of drug-likeness (QED) is 0.913. The molecule has 2 amide bonds. The fourth-order valence-electron chi connectivity index (χ4n) is 2.71. The first-order valence-electron chi connectivity index (χ1n) is 7.31. The second-order valence-corrected chi connectivity index (χ2v) is 5.63. The van der Waals surface area contributed by atoms with Crippen molar-refractivity contribution >= 4 is 23.0 Å². The van der Waals surface area contributed by atoms with Gasteiger partial charge in [-0.1, -0.05) is 18.2 Å². The average molecular weight is 302 g/mol. The van der Waals surface area contributed by atoms with Gasteiger partial charge in [-0.3, -0.25) is 4.79 Å². The molecule has 2 heterocycles. The molecular weight excluding hydrogens is 284 g/mol. The zero-order valence-corrected chi connectivity index (χ0v) is 12.3. The summed E-state index contributed by atoms with van der Waals surface area (Å²) in [7, 11) is 0. The number of urea groups is 1. The lowest BCUT2D eigenvalue weighted by molar-refractivity contribution is -0.141. The van der Waals surface area contributed by atoms with Crippen molar-refractivity contribution in [3.63, 3.8) is 0 Å². The van der Waals surface area contributed by atoms with Crippen LogP contribution in [0.1, 0.15) is 25.1 Å². The molecule has 1 aliphatic heterocycles. The van der Waals surface area contributed by atoms with Crippen LogP contribution in [0, 0.1) is 5.92 Å². The van der Waals surface area contributed by atoms with Crippen molar-refractivity contribution in [1.82, 2.24) is 10.2 Å². The molecule has 1 unspecified atom stereocenters. The number of benzene rings is 1. The number of hydrogen-bond donors (Lipinski definition) is 2. The van der Waals surface area contributed by atoms with Gasteiger partial charge in [0.15, 0.2) is 0 Å². The van der Waals surface area contributed by atoms with E-state index in [2.05, 4.69) is 5.32 Å². The molecule has 2 N–H and O–H groups in total. The monoisotopic (exact) mass is 302 g/mol. The van der Waals surface area contributed by atoms with Crippen LogP contribution in [0.5, 0.6) is 0 Å². The van der Waals surface area contributed by atoms with Crippen LogP contribution in [0.4, 0.5) is 4.79 Å². The number of carboxylic acid groups (broad SMARTS) is 1. The number of nitrogens with zero attached hydrogens (tertiary/aromatic N) is 1. The molecule has 1 aromatic heterocycles. The summed E-state index contributed by atoms with van der Waals surface area (Å²) in [4.78, 5) is 24.7. The molecule has 2 aromatic rings. The van der Waals surface area contributed by atoms with Gasteiger partial charge in [0.25, 0.3) is 0 Å². The average Bonchev–Trinajstić information content (AvgIpc) is 3.14. The van der Waals surface area contributed by atoms with Crippen LogP contribution in [-0.2, 0) is 4.79 Å². The number of aliphatic carboxylic acids is 1. The molecule has 0 radical (unpaired) electrons. The van der Waals surface area contributed by atoms with Crippen LogP contribution in [0.3, 0.4) is 0 Å². The van der Waals surface area contributed by atoms with Crippen molar-refractivity contribution in [2.45, 2.75) is 19.4 Å². The van der Waals surface area contributed by atoms with Gasteiger partial charge < -0.3 is 19.7 Å². The minimum atomic E-state index is -0.847. The van der Waals surface area contributed by atoms with Gasteiger partial charge in [-0.25, -0.2) is 4.79 Å². The number of amides is 2. The molecule has 6 nitrogen and oxygen atoms in total. The molecule has 0 saturated carbocycles. The van der Waals surface area contributed by atoms with E-state index in [1.807, 2.05) is 37.3 Å². The van der Waals surface area contributed by atoms with Crippen molar-refractivity contribution in [2.24, 2.45) is 5.92 Å². The van der Waals surface area contributed by atoms with Gasteiger partial charge in [0.1, 0.15) is 11.3 Å². The molecule has 6 heteroatoms. The standard InChI is InChI=1S/C16H18N2O4/c1-10(14-8-11-4-2-3-5-13(11)22-14)17-16(21)18-7-6-12(9-18)15(19)20/h2-5,8,10,12H,6-7,9H2,1H3,(H,17,21)(H,19,20)/t10-,12?/m0/s1. The number of likely N-dealkylation sites (tertiary alicyclic amines) is 1. The molecule has 0 spiro atoms. The Balaban J connectivity index is 1.65. The smallest absolute Gasteiger partial charge is 0.318 e. The van der Waals surface area contributed by atoms with Crippen LogP contribution in [-0.4, -0.2) is 35.1 Å². The Morgan fingerprint density at radius 1 is 1.41 bits per heavy atom. The maximum atomic E-state index is 12.2. The topological polar surface area (TPSA) is 82.8 Å². The summed E-state index contributed by atoms with van der Waals surface area (Å²) < 4.78 is 5.73. The summed E-state index contributed by atoms with van der Waals surface area (Å²) in [6.07, 6.45) is 0.502. The first-order valence-corrected chi connectivity index (χ1v) is 7.31. The van der Waals surface area contributed by atoms with E-state index in [4.69, 9.17) is 9.52 Å². The van der Waals surface area contributed by atoms with Crippen LogP contribution in [0.2, 0.25) is 0 Å². The third-order valence-electron chi connectivity index (χ3n) is 4.04. The Morgan fingerprint density at radius 2 is 2.18 bits per heavy atom. The van der Waals surface area contributed by atoms with Gasteiger partial charge in [0.05, 0.1) is 12.0 Å². The molecule has 1 fully saturated rings. The van der Waals surface area contributed by atoms with Crippen LogP contribution in [0.25, 0.3) is 11.0 Å². The Morgan fingerprint density at radius 3 is 2.86 bits per heavy atom. The summed E-state index contributed by atoms with van der Waals surface area (Å²) in [6.45, 7) is 2.57. The molecular formula is C16H18N2O4. The largest absolute Gasteiger partial charge is 0.481 e. The Kier molecular flexibility index (Phi) is 3.75. The maximum absolute atomic E-state index is 12.2. The van der Waals surface area contributed by atoms with Gasteiger partial charge in [-0.05, 0) is 25.5 Å². The summed E-state index contributed by atoms with van der Waals surface area (Å²) in [5.41, 5.74) is 0.783. The highest BCUT2D eigenvalue weighted by molar-refractivity contribution is 5.79. The van der Waals surface area contributed by atoms with Crippen molar-refractivity contribution in [2.75, 3.05) is 13.1 Å². The van der Waals surface area contributed by atoms with Gasteiger partial charge in [-0.2, -0.15) is 0 Å². The van der Waals surface area contributed by atoms with Gasteiger partial charge in [-0.15, -0.1) is 0 Å². The van der Waals surface area contributed by atoms with Crippen LogP contribution < -0.4 is 5.32 Å². The Bertz CT molecular complexity index is 676. The second kappa shape index (κ2) is 5.71. The predicted molar refractivity (Wildman–Crippen MR) is 80.5 cm³/mol. The fraction of sp³-hybridized carbons (Fsp3) is 0.375.